The fourth-order valence-corrected chi connectivity index (χ4v) is 3.61. The summed E-state index contributed by atoms with van der Waals surface area (Å²) in [7, 11) is 1.38. The van der Waals surface area contributed by atoms with Crippen LogP contribution in [-0.4, -0.2) is 48.0 Å². The Bertz CT molecular complexity index is 527. The molecule has 0 radical (unpaired) electrons. The van der Waals surface area contributed by atoms with Crippen LogP contribution in [0.25, 0.3) is 0 Å². The first-order chi connectivity index (χ1) is 10.5. The van der Waals surface area contributed by atoms with Gasteiger partial charge in [-0.05, 0) is 23.6 Å². The fourth-order valence-electron chi connectivity index (χ4n) is 2.54. The second-order valence-corrected chi connectivity index (χ2v) is 6.93. The van der Waals surface area contributed by atoms with Crippen LogP contribution in [0.4, 0.5) is 0 Å². The maximum atomic E-state index is 12.7. The van der Waals surface area contributed by atoms with Crippen molar-refractivity contribution in [2.75, 3.05) is 25.2 Å². The van der Waals surface area contributed by atoms with Crippen molar-refractivity contribution in [1.82, 2.24) is 4.90 Å². The number of methoxy groups -OCH3 is 1. The first-order valence-corrected chi connectivity index (χ1v) is 8.74. The molecule has 0 unspecified atom stereocenters. The maximum absolute atomic E-state index is 12.7. The second kappa shape index (κ2) is 7.68. The van der Waals surface area contributed by atoms with Gasteiger partial charge in [0.2, 0.25) is 0 Å². The fraction of sp³-hybridized carbons (Fsp3) is 0.529. The van der Waals surface area contributed by atoms with Crippen LogP contribution < -0.4 is 0 Å². The number of ether oxygens (including phenoxy) is 1. The summed E-state index contributed by atoms with van der Waals surface area (Å²) in [4.78, 5) is 26.1. The molecular weight excluding hydrogens is 298 g/mol. The van der Waals surface area contributed by atoms with Crippen molar-refractivity contribution in [2.45, 2.75) is 32.2 Å². The van der Waals surface area contributed by atoms with Crippen molar-refractivity contribution in [2.24, 2.45) is 0 Å². The van der Waals surface area contributed by atoms with Gasteiger partial charge in [-0.2, -0.15) is 11.8 Å². The number of benzene rings is 1. The molecule has 1 saturated heterocycles. The van der Waals surface area contributed by atoms with Gasteiger partial charge < -0.3 is 9.64 Å². The minimum Gasteiger partial charge on any atom is -0.469 e. The van der Waals surface area contributed by atoms with Gasteiger partial charge in [-0.1, -0.05) is 26.0 Å². The van der Waals surface area contributed by atoms with Crippen LogP contribution in [0, 0.1) is 0 Å². The normalized spacial score (nSPS) is 18.4. The second-order valence-electron chi connectivity index (χ2n) is 5.78. The summed E-state index contributed by atoms with van der Waals surface area (Å²) in [5, 5.41) is 0. The molecule has 22 heavy (non-hydrogen) atoms. The molecule has 4 nitrogen and oxygen atoms in total. The molecule has 0 aromatic heterocycles. The number of hydrogen-bond donors (Lipinski definition) is 0. The Labute approximate surface area is 136 Å². The van der Waals surface area contributed by atoms with Crippen LogP contribution in [0.5, 0.6) is 0 Å². The SMILES string of the molecule is COC(=O)C[C@H]1CSCCN1C(=O)c1ccc(C(C)C)cc1. The summed E-state index contributed by atoms with van der Waals surface area (Å²) in [6, 6.07) is 7.70. The van der Waals surface area contributed by atoms with Gasteiger partial charge in [-0.15, -0.1) is 0 Å². The lowest BCUT2D eigenvalue weighted by Gasteiger charge is -2.35. The number of esters is 1. The third kappa shape index (κ3) is 4.03. The van der Waals surface area contributed by atoms with Crippen LogP contribution in [0.1, 0.15) is 42.1 Å². The van der Waals surface area contributed by atoms with Gasteiger partial charge in [-0.25, -0.2) is 0 Å². The van der Waals surface area contributed by atoms with E-state index in [1.165, 1.54) is 12.7 Å². The van der Waals surface area contributed by atoms with Crippen molar-refractivity contribution >= 4 is 23.6 Å². The minimum atomic E-state index is -0.263. The summed E-state index contributed by atoms with van der Waals surface area (Å²) in [6.45, 7) is 4.94. The van der Waals surface area contributed by atoms with Crippen molar-refractivity contribution in [3.05, 3.63) is 35.4 Å². The number of carbonyl (C=O) groups excluding carboxylic acids is 2. The molecule has 1 aliphatic rings. The predicted octanol–water partition coefficient (Wildman–Crippen LogP) is 2.93. The Kier molecular flexibility index (Phi) is 5.89. The summed E-state index contributed by atoms with van der Waals surface area (Å²) >= 11 is 1.78. The standard InChI is InChI=1S/C17H23NO3S/c1-12(2)13-4-6-14(7-5-13)17(20)18-8-9-22-11-15(18)10-16(19)21-3/h4-7,12,15H,8-11H2,1-3H3/t15-/m0/s1. The molecule has 1 aliphatic heterocycles. The van der Waals surface area contributed by atoms with Crippen molar-refractivity contribution in [1.29, 1.82) is 0 Å². The zero-order chi connectivity index (χ0) is 16.1. The number of carbonyl (C=O) groups is 2. The molecule has 1 fully saturated rings. The smallest absolute Gasteiger partial charge is 0.307 e. The highest BCUT2D eigenvalue weighted by atomic mass is 32.2. The number of thioether (sulfide) groups is 1. The van der Waals surface area contributed by atoms with Gasteiger partial charge in [0.25, 0.3) is 5.91 Å². The van der Waals surface area contributed by atoms with Crippen LogP contribution in [0.3, 0.4) is 0 Å². The van der Waals surface area contributed by atoms with Crippen LogP contribution in [0.2, 0.25) is 0 Å². The number of nitrogens with zero attached hydrogens (tertiary/aromatic N) is 1. The molecule has 0 saturated carbocycles. The highest BCUT2D eigenvalue weighted by molar-refractivity contribution is 7.99. The van der Waals surface area contributed by atoms with Gasteiger partial charge in [0, 0.05) is 23.6 Å². The number of rotatable bonds is 4. The molecule has 0 spiro atoms. The van der Waals surface area contributed by atoms with E-state index in [4.69, 9.17) is 4.74 Å². The first kappa shape index (κ1) is 16.9. The highest BCUT2D eigenvalue weighted by Gasteiger charge is 2.29. The minimum absolute atomic E-state index is 0.00418. The molecule has 0 N–H and O–H groups in total. The Morgan fingerprint density at radius 3 is 2.59 bits per heavy atom. The van der Waals surface area contributed by atoms with E-state index >= 15 is 0 Å². The van der Waals surface area contributed by atoms with Gasteiger partial charge in [0.15, 0.2) is 0 Å². The van der Waals surface area contributed by atoms with E-state index in [1.54, 1.807) is 11.8 Å². The molecule has 1 amide bonds. The van der Waals surface area contributed by atoms with Gasteiger partial charge in [0.1, 0.15) is 0 Å². The zero-order valence-corrected chi connectivity index (χ0v) is 14.2. The van der Waals surface area contributed by atoms with Gasteiger partial charge >= 0.3 is 5.97 Å². The number of amides is 1. The summed E-state index contributed by atoms with van der Waals surface area (Å²) in [6.07, 6.45) is 0.263. The van der Waals surface area contributed by atoms with E-state index in [1.807, 2.05) is 29.2 Å². The van der Waals surface area contributed by atoms with E-state index in [9.17, 15) is 9.59 Å². The lowest BCUT2D eigenvalue weighted by molar-refractivity contribution is -0.141. The maximum Gasteiger partial charge on any atom is 0.307 e. The van der Waals surface area contributed by atoms with E-state index in [0.29, 0.717) is 18.0 Å². The third-order valence-corrected chi connectivity index (χ3v) is 5.03. The van der Waals surface area contributed by atoms with E-state index in [-0.39, 0.29) is 24.3 Å². The summed E-state index contributed by atoms with van der Waals surface area (Å²) in [5.74, 6) is 1.88. The van der Waals surface area contributed by atoms with E-state index in [0.717, 1.165) is 11.5 Å². The Morgan fingerprint density at radius 1 is 1.32 bits per heavy atom. The number of hydrogen-bond acceptors (Lipinski definition) is 4. The molecule has 2 rings (SSSR count). The quantitative estimate of drug-likeness (QED) is 0.800. The molecule has 5 heteroatoms. The monoisotopic (exact) mass is 321 g/mol. The van der Waals surface area contributed by atoms with Gasteiger partial charge in [-0.3, -0.25) is 9.59 Å². The molecule has 1 aromatic carbocycles. The van der Waals surface area contributed by atoms with Crippen LogP contribution in [0.15, 0.2) is 24.3 Å². The van der Waals surface area contributed by atoms with Crippen LogP contribution in [-0.2, 0) is 9.53 Å². The zero-order valence-electron chi connectivity index (χ0n) is 13.4. The lowest BCUT2D eigenvalue weighted by Crippen LogP contribution is -2.47. The first-order valence-electron chi connectivity index (χ1n) is 7.58. The van der Waals surface area contributed by atoms with Crippen molar-refractivity contribution in [3.8, 4) is 0 Å². The Morgan fingerprint density at radius 2 is 2.00 bits per heavy atom. The van der Waals surface area contributed by atoms with Crippen molar-refractivity contribution in [3.63, 3.8) is 0 Å². The average molecular weight is 321 g/mol. The Hall–Kier alpha value is -1.49. The predicted molar refractivity (Wildman–Crippen MR) is 89.3 cm³/mol. The summed E-state index contributed by atoms with van der Waals surface area (Å²) < 4.78 is 4.74. The van der Waals surface area contributed by atoms with E-state index < -0.39 is 0 Å². The summed E-state index contributed by atoms with van der Waals surface area (Å²) in [5.41, 5.74) is 1.91. The Balaban J connectivity index is 2.12. The molecule has 120 valence electrons. The highest BCUT2D eigenvalue weighted by Crippen LogP contribution is 2.22. The molecule has 1 heterocycles. The van der Waals surface area contributed by atoms with Gasteiger partial charge in [0.05, 0.1) is 19.6 Å². The topological polar surface area (TPSA) is 46.6 Å². The van der Waals surface area contributed by atoms with Crippen LogP contribution >= 0.6 is 11.8 Å². The third-order valence-electron chi connectivity index (χ3n) is 3.94. The van der Waals surface area contributed by atoms with Crippen molar-refractivity contribution < 1.29 is 14.3 Å². The largest absolute Gasteiger partial charge is 0.469 e. The molecule has 1 aromatic rings. The molecule has 0 bridgehead atoms. The molecule has 0 aliphatic carbocycles. The molecule has 1 atom stereocenters. The average Bonchev–Trinajstić information content (AvgIpc) is 2.54. The van der Waals surface area contributed by atoms with E-state index in [2.05, 4.69) is 13.8 Å². The lowest BCUT2D eigenvalue weighted by atomic mass is 10.0. The molecular formula is C17H23NO3S.